The smallest absolute Gasteiger partial charge is 0.0116 e. The zero-order chi connectivity index (χ0) is 11.2. The van der Waals surface area contributed by atoms with Crippen molar-refractivity contribution in [3.63, 3.8) is 0 Å². The molecular formula is C14H29ClN2. The van der Waals surface area contributed by atoms with Gasteiger partial charge in [0.1, 0.15) is 0 Å². The Morgan fingerprint density at radius 1 is 1.00 bits per heavy atom. The van der Waals surface area contributed by atoms with Crippen LogP contribution in [-0.4, -0.2) is 37.6 Å². The minimum absolute atomic E-state index is 0. The van der Waals surface area contributed by atoms with E-state index < -0.39 is 0 Å². The van der Waals surface area contributed by atoms with E-state index in [1.165, 1.54) is 71.0 Å². The van der Waals surface area contributed by atoms with E-state index >= 15 is 0 Å². The fourth-order valence-electron chi connectivity index (χ4n) is 3.29. The Labute approximate surface area is 113 Å². The van der Waals surface area contributed by atoms with Crippen LogP contribution in [-0.2, 0) is 0 Å². The zero-order valence-corrected chi connectivity index (χ0v) is 12.1. The van der Waals surface area contributed by atoms with Crippen LogP contribution in [0.3, 0.4) is 0 Å². The van der Waals surface area contributed by atoms with E-state index in [2.05, 4.69) is 17.3 Å². The minimum atomic E-state index is 0. The summed E-state index contributed by atoms with van der Waals surface area (Å²) in [6.45, 7) is 3.77. The molecule has 0 atom stereocenters. The van der Waals surface area contributed by atoms with Crippen LogP contribution in [0.1, 0.15) is 51.4 Å². The zero-order valence-electron chi connectivity index (χ0n) is 11.3. The Morgan fingerprint density at radius 2 is 1.65 bits per heavy atom. The van der Waals surface area contributed by atoms with Crippen LogP contribution in [0.25, 0.3) is 0 Å². The molecule has 0 aromatic rings. The second-order valence-electron chi connectivity index (χ2n) is 5.75. The van der Waals surface area contributed by atoms with Crippen LogP contribution in [0.15, 0.2) is 0 Å². The van der Waals surface area contributed by atoms with Crippen LogP contribution in [0, 0.1) is 5.92 Å². The van der Waals surface area contributed by atoms with E-state index in [0.29, 0.717) is 0 Å². The number of nitrogens with zero attached hydrogens (tertiary/aromatic N) is 1. The maximum atomic E-state index is 3.45. The molecule has 0 spiro atoms. The highest BCUT2D eigenvalue weighted by atomic mass is 35.5. The summed E-state index contributed by atoms with van der Waals surface area (Å²) in [7, 11) is 2.33. The van der Waals surface area contributed by atoms with Gasteiger partial charge in [-0.1, -0.05) is 32.1 Å². The molecule has 2 rings (SSSR count). The molecule has 3 heteroatoms. The third-order valence-electron chi connectivity index (χ3n) is 4.55. The highest BCUT2D eigenvalue weighted by Crippen LogP contribution is 2.26. The molecule has 102 valence electrons. The van der Waals surface area contributed by atoms with Crippen LogP contribution < -0.4 is 5.32 Å². The van der Waals surface area contributed by atoms with Gasteiger partial charge in [0.15, 0.2) is 0 Å². The third-order valence-corrected chi connectivity index (χ3v) is 4.55. The molecule has 0 aromatic carbocycles. The van der Waals surface area contributed by atoms with Gasteiger partial charge in [-0.25, -0.2) is 0 Å². The van der Waals surface area contributed by atoms with Crippen molar-refractivity contribution >= 4 is 12.4 Å². The number of halogens is 1. The van der Waals surface area contributed by atoms with Crippen molar-refractivity contribution in [2.75, 3.05) is 26.7 Å². The van der Waals surface area contributed by atoms with Gasteiger partial charge >= 0.3 is 0 Å². The number of rotatable bonds is 4. The first kappa shape index (κ1) is 15.3. The number of nitrogens with one attached hydrogen (secondary N) is 1. The second kappa shape index (κ2) is 8.34. The quantitative estimate of drug-likeness (QED) is 0.836. The van der Waals surface area contributed by atoms with E-state index in [-0.39, 0.29) is 12.4 Å². The van der Waals surface area contributed by atoms with Crippen molar-refractivity contribution in [1.29, 1.82) is 0 Å². The normalized spacial score (nSPS) is 23.6. The summed E-state index contributed by atoms with van der Waals surface area (Å²) in [5.74, 6) is 1.04. The first-order valence-electron chi connectivity index (χ1n) is 7.27. The molecule has 0 unspecified atom stereocenters. The van der Waals surface area contributed by atoms with Gasteiger partial charge in [-0.15, -0.1) is 12.4 Å². The maximum Gasteiger partial charge on any atom is 0.0116 e. The summed E-state index contributed by atoms with van der Waals surface area (Å²) in [4.78, 5) is 2.62. The van der Waals surface area contributed by atoms with Crippen molar-refractivity contribution in [1.82, 2.24) is 10.2 Å². The van der Waals surface area contributed by atoms with Crippen LogP contribution in [0.5, 0.6) is 0 Å². The summed E-state index contributed by atoms with van der Waals surface area (Å²) < 4.78 is 0. The van der Waals surface area contributed by atoms with Crippen molar-refractivity contribution < 1.29 is 0 Å². The molecule has 17 heavy (non-hydrogen) atoms. The molecule has 2 nitrogen and oxygen atoms in total. The fraction of sp³-hybridized carbons (Fsp3) is 1.00. The Morgan fingerprint density at radius 3 is 2.29 bits per heavy atom. The van der Waals surface area contributed by atoms with Crippen LogP contribution in [0.4, 0.5) is 0 Å². The molecule has 2 aliphatic rings. The average Bonchev–Trinajstić information content (AvgIpc) is 2.38. The van der Waals surface area contributed by atoms with Gasteiger partial charge in [0.2, 0.25) is 0 Å². The predicted molar refractivity (Wildman–Crippen MR) is 77.0 cm³/mol. The van der Waals surface area contributed by atoms with Crippen molar-refractivity contribution in [3.05, 3.63) is 0 Å². The summed E-state index contributed by atoms with van der Waals surface area (Å²) >= 11 is 0. The molecule has 1 N–H and O–H groups in total. The van der Waals surface area contributed by atoms with Gasteiger partial charge in [-0.2, -0.15) is 0 Å². The van der Waals surface area contributed by atoms with E-state index in [4.69, 9.17) is 0 Å². The second-order valence-corrected chi connectivity index (χ2v) is 5.75. The van der Waals surface area contributed by atoms with Crippen molar-refractivity contribution in [3.8, 4) is 0 Å². The lowest BCUT2D eigenvalue weighted by atomic mass is 9.87. The van der Waals surface area contributed by atoms with Gasteiger partial charge in [-0.05, 0) is 51.9 Å². The minimum Gasteiger partial charge on any atom is -0.317 e. The Balaban J connectivity index is 0.00000144. The molecule has 0 radical (unpaired) electrons. The molecule has 1 saturated heterocycles. The summed E-state index contributed by atoms with van der Waals surface area (Å²) in [5.41, 5.74) is 0. The van der Waals surface area contributed by atoms with Gasteiger partial charge in [0.25, 0.3) is 0 Å². The maximum absolute atomic E-state index is 3.45. The van der Waals surface area contributed by atoms with Crippen LogP contribution in [0.2, 0.25) is 0 Å². The molecule has 0 aromatic heterocycles. The molecule has 1 aliphatic carbocycles. The fourth-order valence-corrected chi connectivity index (χ4v) is 3.29. The SMILES string of the molecule is CN(CCC1CCCCC1)C1CCNCC1.Cl. The Hall–Kier alpha value is 0.210. The average molecular weight is 261 g/mol. The third kappa shape index (κ3) is 5.15. The molecule has 2 fully saturated rings. The van der Waals surface area contributed by atoms with Crippen molar-refractivity contribution in [2.24, 2.45) is 5.92 Å². The summed E-state index contributed by atoms with van der Waals surface area (Å²) in [6.07, 6.45) is 11.6. The lowest BCUT2D eigenvalue weighted by molar-refractivity contribution is 0.179. The van der Waals surface area contributed by atoms with Gasteiger partial charge in [0, 0.05) is 6.04 Å². The Bertz CT molecular complexity index is 187. The number of hydrogen-bond acceptors (Lipinski definition) is 2. The lowest BCUT2D eigenvalue weighted by Gasteiger charge is -2.33. The lowest BCUT2D eigenvalue weighted by Crippen LogP contribution is -2.41. The van der Waals surface area contributed by atoms with Gasteiger partial charge in [0.05, 0.1) is 0 Å². The molecule has 1 heterocycles. The Kier molecular flexibility index (Phi) is 7.49. The molecule has 1 saturated carbocycles. The molecule has 1 aliphatic heterocycles. The monoisotopic (exact) mass is 260 g/mol. The summed E-state index contributed by atoms with van der Waals surface area (Å²) in [5, 5.41) is 3.45. The first-order valence-corrected chi connectivity index (χ1v) is 7.27. The summed E-state index contributed by atoms with van der Waals surface area (Å²) in [6, 6.07) is 0.852. The van der Waals surface area contributed by atoms with Crippen molar-refractivity contribution in [2.45, 2.75) is 57.4 Å². The standard InChI is InChI=1S/C14H28N2.ClH/c1-16(14-7-10-15-11-8-14)12-9-13-5-3-2-4-6-13;/h13-15H,2-12H2,1H3;1H. The highest BCUT2D eigenvalue weighted by molar-refractivity contribution is 5.85. The predicted octanol–water partition coefficient (Wildman–Crippen LogP) is 3.06. The van der Waals surface area contributed by atoms with Gasteiger partial charge in [-0.3, -0.25) is 0 Å². The van der Waals surface area contributed by atoms with E-state index in [1.54, 1.807) is 0 Å². The topological polar surface area (TPSA) is 15.3 Å². The van der Waals surface area contributed by atoms with Crippen LogP contribution >= 0.6 is 12.4 Å². The molecule has 0 bridgehead atoms. The van der Waals surface area contributed by atoms with E-state index in [1.807, 2.05) is 0 Å². The number of hydrogen-bond donors (Lipinski definition) is 1. The highest BCUT2D eigenvalue weighted by Gasteiger charge is 2.19. The first-order chi connectivity index (χ1) is 7.86. The number of piperidine rings is 1. The van der Waals surface area contributed by atoms with Gasteiger partial charge < -0.3 is 10.2 Å². The molecular weight excluding hydrogens is 232 g/mol. The largest absolute Gasteiger partial charge is 0.317 e. The molecule has 0 amide bonds. The van der Waals surface area contributed by atoms with E-state index in [9.17, 15) is 0 Å². The van der Waals surface area contributed by atoms with E-state index in [0.717, 1.165) is 12.0 Å².